The van der Waals surface area contributed by atoms with E-state index < -0.39 is 57.5 Å². The van der Waals surface area contributed by atoms with Crippen molar-refractivity contribution in [2.75, 3.05) is 0 Å². The molecule has 2 nitrogen and oxygen atoms in total. The van der Waals surface area contributed by atoms with Gasteiger partial charge in [-0.2, -0.15) is 0 Å². The fourth-order valence-corrected chi connectivity index (χ4v) is 21.5. The molecular formula is C14H32B10O2Si4. The van der Waals surface area contributed by atoms with Crippen molar-refractivity contribution < 1.29 is 8.23 Å². The molecule has 1 unspecified atom stereocenters. The molecule has 0 aromatic heterocycles. The van der Waals surface area contributed by atoms with Gasteiger partial charge in [0, 0.05) is 65.2 Å². The highest BCUT2D eigenvalue weighted by molar-refractivity contribution is 7.65. The highest BCUT2D eigenvalue weighted by atomic mass is 28.4. The molecule has 0 spiro atoms. The maximum Gasteiger partial charge on any atom is 0.255 e. The van der Waals surface area contributed by atoms with Crippen LogP contribution in [0.5, 0.6) is 0 Å². The molecule has 0 heterocycles. The van der Waals surface area contributed by atoms with Crippen molar-refractivity contribution >= 4 is 106 Å². The van der Waals surface area contributed by atoms with Crippen molar-refractivity contribution in [1.29, 1.82) is 0 Å². The highest BCUT2D eigenvalue weighted by Gasteiger charge is 2.56. The maximum atomic E-state index is 6.81. The molecule has 0 N–H and O–H groups in total. The molecule has 0 fully saturated rings. The highest BCUT2D eigenvalue weighted by Crippen LogP contribution is 2.44. The largest absolute Gasteiger partial charge is 0.457 e. The van der Waals surface area contributed by atoms with Crippen molar-refractivity contribution in [2.45, 2.75) is 76.5 Å². The van der Waals surface area contributed by atoms with Gasteiger partial charge in [-0.15, -0.1) is 10.7 Å². The minimum atomic E-state index is -2.60. The molecule has 0 bridgehead atoms. The molecule has 0 saturated heterocycles. The first-order valence-corrected chi connectivity index (χ1v) is 22.9. The summed E-state index contributed by atoms with van der Waals surface area (Å²) >= 11 is 0. The van der Waals surface area contributed by atoms with Crippen molar-refractivity contribution in [2.24, 2.45) is 0 Å². The topological polar surface area (TPSA) is 18.5 Å². The first kappa shape index (κ1) is 31.0. The molecule has 0 saturated carbocycles. The predicted molar refractivity (Wildman–Crippen MR) is 156 cm³/mol. The van der Waals surface area contributed by atoms with Gasteiger partial charge in [-0.1, -0.05) is 11.5 Å². The van der Waals surface area contributed by atoms with Crippen LogP contribution in [-0.2, 0) is 8.23 Å². The van der Waals surface area contributed by atoms with E-state index in [1.807, 2.05) is 6.92 Å². The van der Waals surface area contributed by atoms with Crippen LogP contribution < -0.4 is 0 Å². The molecular weight excluding hydrogens is 421 g/mol. The van der Waals surface area contributed by atoms with E-state index in [0.29, 0.717) is 0 Å². The van der Waals surface area contributed by atoms with E-state index in [2.05, 4.69) is 77.6 Å². The van der Waals surface area contributed by atoms with Crippen LogP contribution >= 0.6 is 0 Å². The van der Waals surface area contributed by atoms with Gasteiger partial charge in [-0.25, -0.2) is 0 Å². The van der Waals surface area contributed by atoms with Gasteiger partial charge < -0.3 is 8.23 Å². The van der Waals surface area contributed by atoms with Gasteiger partial charge in [0.25, 0.3) is 8.32 Å². The zero-order chi connectivity index (χ0) is 24.2. The first-order valence-electron chi connectivity index (χ1n) is 10.5. The van der Waals surface area contributed by atoms with Crippen LogP contribution in [0.25, 0.3) is 0 Å². The van der Waals surface area contributed by atoms with Gasteiger partial charge in [-0.3, -0.25) is 0 Å². The van der Waals surface area contributed by atoms with E-state index in [0.717, 1.165) is 5.94 Å². The Labute approximate surface area is 201 Å². The smallest absolute Gasteiger partial charge is 0.255 e. The van der Waals surface area contributed by atoms with Gasteiger partial charge in [0.2, 0.25) is 0 Å². The van der Waals surface area contributed by atoms with Crippen molar-refractivity contribution in [3.05, 3.63) is 0 Å². The third-order valence-electron chi connectivity index (χ3n) is 5.29. The lowest BCUT2D eigenvalue weighted by Crippen LogP contribution is -2.73. The Kier molecular flexibility index (Phi) is 11.8. The average molecular weight is 453 g/mol. The number of rotatable bonds is 12. The standard InChI is InChI=1S/C14H32B10O2Si4/c1-11-12-28(5,6)26-29(7,8)13-20-23(18)14(22(16)17,24(19)21-15)30(9,10)25-27(2,3)4/h13H2,1-10H3. The van der Waals surface area contributed by atoms with Crippen LogP contribution in [0.1, 0.15) is 6.92 Å². The quantitative estimate of drug-likeness (QED) is 0.325. The Hall–Kier alpha value is 0.997. The number of hydrogen-bond acceptors (Lipinski definition) is 2. The molecule has 146 valence electrons. The molecule has 0 aromatic carbocycles. The Morgan fingerprint density at radius 3 is 1.73 bits per heavy atom. The fraction of sp³-hybridized carbons (Fsp3) is 0.857. The molecule has 0 aromatic rings. The summed E-state index contributed by atoms with van der Waals surface area (Å²) in [5.74, 6) is 3.73. The van der Waals surface area contributed by atoms with E-state index in [4.69, 9.17) is 46.9 Å². The van der Waals surface area contributed by atoms with Gasteiger partial charge in [-0.05, 0) is 65.8 Å². The molecule has 0 rings (SSSR count). The van der Waals surface area contributed by atoms with Crippen LogP contribution in [0.4, 0.5) is 0 Å². The van der Waals surface area contributed by atoms with Crippen LogP contribution in [0.3, 0.4) is 0 Å². The van der Waals surface area contributed by atoms with Crippen LogP contribution in [-0.4, -0.2) is 106 Å². The zero-order valence-electron chi connectivity index (χ0n) is 20.8. The Morgan fingerprint density at radius 1 is 0.867 bits per heavy atom. The summed E-state index contributed by atoms with van der Waals surface area (Å²) < 4.78 is 12.3. The lowest BCUT2D eigenvalue weighted by atomic mass is 8.79. The lowest BCUT2D eigenvalue weighted by molar-refractivity contribution is 0.547. The first-order chi connectivity index (χ1) is 13.3. The summed E-state index contributed by atoms with van der Waals surface area (Å²) in [4.78, 5) is 0. The third-order valence-corrected chi connectivity index (χ3v) is 19.2. The minimum absolute atomic E-state index is 0.484. The second kappa shape index (κ2) is 11.4. The second-order valence-electron chi connectivity index (χ2n) is 10.6. The van der Waals surface area contributed by atoms with Crippen molar-refractivity contribution in [3.8, 4) is 11.5 Å². The van der Waals surface area contributed by atoms with Gasteiger partial charge >= 0.3 is 0 Å². The summed E-state index contributed by atoms with van der Waals surface area (Å²) in [6.45, 7) is 19.2. The molecule has 0 aliphatic carbocycles. The van der Waals surface area contributed by atoms with E-state index in [-0.39, 0.29) is 0 Å². The normalized spacial score (nSPS) is 14.7. The lowest BCUT2D eigenvalue weighted by Gasteiger charge is -2.58. The van der Waals surface area contributed by atoms with Gasteiger partial charge in [0.15, 0.2) is 25.0 Å². The summed E-state index contributed by atoms with van der Waals surface area (Å²) in [7, 11) is 27.0. The SMILES string of the molecule is [B][B]B([B])C(B([B])[B])(B([B])[B]C[Si](C)(C)O[Si](C)(C)C#CC)[Si](C)(C)O[Si](C)(C)C. The van der Waals surface area contributed by atoms with E-state index in [1.165, 1.54) is 7.06 Å². The van der Waals surface area contributed by atoms with Crippen molar-refractivity contribution in [1.82, 2.24) is 0 Å². The summed E-state index contributed by atoms with van der Waals surface area (Å²) in [6.07, 6.45) is 0. The van der Waals surface area contributed by atoms with Crippen LogP contribution in [0, 0.1) is 11.5 Å². The molecule has 1 atom stereocenters. The van der Waals surface area contributed by atoms with E-state index in [9.17, 15) is 0 Å². The Bertz CT molecular complexity index is 620. The molecule has 16 heteroatoms. The van der Waals surface area contributed by atoms with E-state index in [1.54, 1.807) is 0 Å². The van der Waals surface area contributed by atoms with E-state index >= 15 is 0 Å². The molecule has 0 amide bonds. The monoisotopic (exact) mass is 454 g/mol. The Balaban J connectivity index is 5.96. The van der Waals surface area contributed by atoms with Gasteiger partial charge in [0.05, 0.1) is 7.17 Å². The summed E-state index contributed by atoms with van der Waals surface area (Å²) in [5.41, 5.74) is 3.26. The summed E-state index contributed by atoms with van der Waals surface area (Å²) in [5, 5.41) is 0. The Morgan fingerprint density at radius 2 is 1.37 bits per heavy atom. The van der Waals surface area contributed by atoms with Gasteiger partial charge in [0.1, 0.15) is 0 Å². The fourth-order valence-electron chi connectivity index (χ4n) is 4.55. The zero-order valence-corrected chi connectivity index (χ0v) is 24.8. The summed E-state index contributed by atoms with van der Waals surface area (Å²) in [6, 6.07) is 0. The second-order valence-corrected chi connectivity index (χ2v) is 27.6. The van der Waals surface area contributed by atoms with Crippen molar-refractivity contribution in [3.63, 3.8) is 0 Å². The van der Waals surface area contributed by atoms with Crippen LogP contribution in [0.2, 0.25) is 69.6 Å². The molecule has 12 radical (unpaired) electrons. The molecule has 0 aliphatic heterocycles. The third kappa shape index (κ3) is 8.41. The molecule has 0 aliphatic rings. The predicted octanol–water partition coefficient (Wildman–Crippen LogP) is 0.978. The molecule has 30 heavy (non-hydrogen) atoms. The average Bonchev–Trinajstić information content (AvgIpc) is 2.49. The minimum Gasteiger partial charge on any atom is -0.457 e. The van der Waals surface area contributed by atoms with Crippen LogP contribution in [0.15, 0.2) is 0 Å². The number of hydrogen-bond donors (Lipinski definition) is 0. The maximum absolute atomic E-state index is 6.81.